The standard InChI is InChI=1S/C20H24N2O4/c1-21-17(15-9-5-3-6-10-15)19(25,13-23)20(26,14-24)18(22-2)16-11-7-4-8-12-16/h3-14,17-18,21-22,25-26H,1-2H3. The molecule has 4 unspecified atom stereocenters. The highest BCUT2D eigenvalue weighted by molar-refractivity contribution is 5.80. The smallest absolute Gasteiger partial charge is 0.176 e. The molecule has 0 aliphatic heterocycles. The van der Waals surface area contributed by atoms with E-state index in [1.807, 2.05) is 0 Å². The highest BCUT2D eigenvalue weighted by Gasteiger charge is 2.59. The van der Waals surface area contributed by atoms with E-state index < -0.39 is 23.3 Å². The third-order valence-electron chi connectivity index (χ3n) is 4.72. The molecule has 4 N–H and O–H groups in total. The van der Waals surface area contributed by atoms with Crippen LogP contribution in [-0.2, 0) is 9.59 Å². The van der Waals surface area contributed by atoms with Gasteiger partial charge in [-0.3, -0.25) is 9.59 Å². The van der Waals surface area contributed by atoms with Crippen molar-refractivity contribution in [2.45, 2.75) is 23.3 Å². The van der Waals surface area contributed by atoms with Crippen molar-refractivity contribution in [2.24, 2.45) is 0 Å². The summed E-state index contributed by atoms with van der Waals surface area (Å²) in [4.78, 5) is 24.0. The zero-order valence-electron chi connectivity index (χ0n) is 14.8. The van der Waals surface area contributed by atoms with E-state index in [4.69, 9.17) is 0 Å². The summed E-state index contributed by atoms with van der Waals surface area (Å²) < 4.78 is 0. The molecule has 2 aromatic carbocycles. The van der Waals surface area contributed by atoms with Crippen LogP contribution < -0.4 is 10.6 Å². The average Bonchev–Trinajstić information content (AvgIpc) is 2.70. The predicted molar refractivity (Wildman–Crippen MR) is 98.5 cm³/mol. The van der Waals surface area contributed by atoms with Gasteiger partial charge >= 0.3 is 0 Å². The minimum Gasteiger partial charge on any atom is -0.377 e. The third-order valence-corrected chi connectivity index (χ3v) is 4.72. The lowest BCUT2D eigenvalue weighted by Gasteiger charge is -2.45. The molecule has 0 fully saturated rings. The Morgan fingerprint density at radius 1 is 0.731 bits per heavy atom. The van der Waals surface area contributed by atoms with Gasteiger partial charge < -0.3 is 20.8 Å². The fourth-order valence-electron chi connectivity index (χ4n) is 3.36. The van der Waals surface area contributed by atoms with Crippen molar-refractivity contribution in [3.05, 3.63) is 71.8 Å². The van der Waals surface area contributed by atoms with E-state index in [0.717, 1.165) is 0 Å². The van der Waals surface area contributed by atoms with E-state index in [1.165, 1.54) is 0 Å². The minimum atomic E-state index is -2.42. The summed E-state index contributed by atoms with van der Waals surface area (Å²) in [6, 6.07) is 15.4. The molecule has 0 spiro atoms. The van der Waals surface area contributed by atoms with Gasteiger partial charge in [-0.15, -0.1) is 0 Å². The van der Waals surface area contributed by atoms with Crippen molar-refractivity contribution >= 4 is 12.6 Å². The van der Waals surface area contributed by atoms with E-state index in [1.54, 1.807) is 74.8 Å². The van der Waals surface area contributed by atoms with Crippen LogP contribution in [0, 0.1) is 0 Å². The molecule has 6 nitrogen and oxygen atoms in total. The Balaban J connectivity index is 2.61. The molecular weight excluding hydrogens is 332 g/mol. The van der Waals surface area contributed by atoms with Crippen LogP contribution in [0.5, 0.6) is 0 Å². The zero-order chi connectivity index (χ0) is 19.2. The lowest BCUT2D eigenvalue weighted by molar-refractivity contribution is -0.182. The summed E-state index contributed by atoms with van der Waals surface area (Å²) >= 11 is 0. The summed E-state index contributed by atoms with van der Waals surface area (Å²) in [7, 11) is 3.10. The molecule has 0 saturated heterocycles. The maximum atomic E-state index is 12.0. The van der Waals surface area contributed by atoms with Crippen molar-refractivity contribution in [1.29, 1.82) is 0 Å². The first-order chi connectivity index (χ1) is 12.5. The first-order valence-corrected chi connectivity index (χ1v) is 8.30. The van der Waals surface area contributed by atoms with E-state index in [2.05, 4.69) is 10.6 Å². The van der Waals surface area contributed by atoms with Crippen LogP contribution in [0.25, 0.3) is 0 Å². The summed E-state index contributed by atoms with van der Waals surface area (Å²) in [5.41, 5.74) is -3.72. The van der Waals surface area contributed by atoms with Crippen LogP contribution in [0.1, 0.15) is 23.2 Å². The van der Waals surface area contributed by atoms with Crippen LogP contribution in [0.3, 0.4) is 0 Å². The normalized spacial score (nSPS) is 18.2. The molecule has 0 heterocycles. The first-order valence-electron chi connectivity index (χ1n) is 8.30. The molecule has 0 radical (unpaired) electrons. The molecular formula is C20H24N2O4. The Morgan fingerprint density at radius 3 is 1.27 bits per heavy atom. The van der Waals surface area contributed by atoms with Gasteiger partial charge in [-0.1, -0.05) is 60.7 Å². The molecule has 138 valence electrons. The number of aldehydes is 2. The van der Waals surface area contributed by atoms with Gasteiger partial charge in [0.1, 0.15) is 0 Å². The first kappa shape index (κ1) is 19.9. The van der Waals surface area contributed by atoms with Gasteiger partial charge in [-0.05, 0) is 25.2 Å². The second kappa shape index (κ2) is 8.33. The zero-order valence-corrected chi connectivity index (χ0v) is 14.8. The molecule has 0 aromatic heterocycles. The third kappa shape index (κ3) is 3.32. The maximum absolute atomic E-state index is 12.0. The Labute approximate surface area is 152 Å². The SMILES string of the molecule is CNC(c1ccccc1)C(O)(C=O)C(O)(C=O)C(NC)c1ccccc1. The minimum absolute atomic E-state index is 0.225. The van der Waals surface area contributed by atoms with Gasteiger partial charge in [0.25, 0.3) is 0 Å². The number of nitrogens with one attached hydrogen (secondary N) is 2. The molecule has 2 rings (SSSR count). The van der Waals surface area contributed by atoms with E-state index in [-0.39, 0.29) is 12.6 Å². The van der Waals surface area contributed by atoms with E-state index >= 15 is 0 Å². The molecule has 26 heavy (non-hydrogen) atoms. The van der Waals surface area contributed by atoms with Gasteiger partial charge in [-0.2, -0.15) is 0 Å². The predicted octanol–water partition coefficient (Wildman–Crippen LogP) is 0.768. The van der Waals surface area contributed by atoms with Crippen LogP contribution in [0.15, 0.2) is 60.7 Å². The van der Waals surface area contributed by atoms with Crippen LogP contribution in [0.2, 0.25) is 0 Å². The van der Waals surface area contributed by atoms with Gasteiger partial charge in [0.15, 0.2) is 23.8 Å². The van der Waals surface area contributed by atoms with Crippen LogP contribution in [-0.4, -0.2) is 48.1 Å². The number of rotatable bonds is 9. The highest BCUT2D eigenvalue weighted by Crippen LogP contribution is 2.40. The number of aliphatic hydroxyl groups is 2. The van der Waals surface area contributed by atoms with Crippen molar-refractivity contribution in [1.82, 2.24) is 10.6 Å². The van der Waals surface area contributed by atoms with Gasteiger partial charge in [0, 0.05) is 0 Å². The molecule has 6 heteroatoms. The lowest BCUT2D eigenvalue weighted by atomic mass is 9.71. The number of carbonyl (C=O) groups is 2. The number of hydrogen-bond acceptors (Lipinski definition) is 6. The van der Waals surface area contributed by atoms with Gasteiger partial charge in [0.05, 0.1) is 12.1 Å². The van der Waals surface area contributed by atoms with Gasteiger partial charge in [0.2, 0.25) is 0 Å². The van der Waals surface area contributed by atoms with Crippen LogP contribution in [0.4, 0.5) is 0 Å². The maximum Gasteiger partial charge on any atom is 0.176 e. The number of benzene rings is 2. The van der Waals surface area contributed by atoms with Crippen LogP contribution >= 0.6 is 0 Å². The quantitative estimate of drug-likeness (QED) is 0.496. The molecule has 4 atom stereocenters. The average molecular weight is 356 g/mol. The van der Waals surface area contributed by atoms with E-state index in [0.29, 0.717) is 11.1 Å². The van der Waals surface area contributed by atoms with Crippen molar-refractivity contribution in [3.63, 3.8) is 0 Å². The fraction of sp³-hybridized carbons (Fsp3) is 0.300. The summed E-state index contributed by atoms with van der Waals surface area (Å²) in [5.74, 6) is 0. The Kier molecular flexibility index (Phi) is 6.39. The summed E-state index contributed by atoms with van der Waals surface area (Å²) in [6.45, 7) is 0. The largest absolute Gasteiger partial charge is 0.377 e. The second-order valence-electron chi connectivity index (χ2n) is 6.15. The Morgan fingerprint density at radius 2 is 1.04 bits per heavy atom. The molecule has 2 aromatic rings. The van der Waals surface area contributed by atoms with E-state index in [9.17, 15) is 19.8 Å². The number of carbonyl (C=O) groups excluding carboxylic acids is 2. The summed E-state index contributed by atoms with van der Waals surface area (Å²) in [6.07, 6.45) is 0.450. The monoisotopic (exact) mass is 356 g/mol. The lowest BCUT2D eigenvalue weighted by Crippen LogP contribution is -2.67. The Hall–Kier alpha value is -2.38. The summed E-state index contributed by atoms with van der Waals surface area (Å²) in [5, 5.41) is 28.2. The van der Waals surface area contributed by atoms with Crippen molar-refractivity contribution in [3.8, 4) is 0 Å². The van der Waals surface area contributed by atoms with Crippen molar-refractivity contribution in [2.75, 3.05) is 14.1 Å². The Bertz CT molecular complexity index is 662. The van der Waals surface area contributed by atoms with Gasteiger partial charge in [-0.25, -0.2) is 0 Å². The topological polar surface area (TPSA) is 98.7 Å². The molecule has 0 amide bonds. The second-order valence-corrected chi connectivity index (χ2v) is 6.15. The van der Waals surface area contributed by atoms with Crippen molar-refractivity contribution < 1.29 is 19.8 Å². The molecule has 0 saturated carbocycles. The molecule has 0 aliphatic carbocycles. The molecule has 0 aliphatic rings. The number of hydrogen-bond donors (Lipinski definition) is 4. The number of likely N-dealkylation sites (N-methyl/N-ethyl adjacent to an activating group) is 2. The molecule has 0 bridgehead atoms. The highest BCUT2D eigenvalue weighted by atomic mass is 16.4. The fourth-order valence-corrected chi connectivity index (χ4v) is 3.36.